The lowest BCUT2D eigenvalue weighted by Crippen LogP contribution is -2.60. The molecule has 1 spiro atoms. The molecule has 0 bridgehead atoms. The van der Waals surface area contributed by atoms with Crippen LogP contribution < -0.4 is 9.64 Å². The predicted octanol–water partition coefficient (Wildman–Crippen LogP) is 2.78. The fraction of sp³-hybridized carbons (Fsp3) is 0.581. The van der Waals surface area contributed by atoms with Crippen molar-refractivity contribution in [2.75, 3.05) is 31.2 Å². The van der Waals surface area contributed by atoms with Crippen LogP contribution in [0.4, 0.5) is 5.69 Å². The average Bonchev–Trinajstić information content (AvgIpc) is 3.16. The Hall–Kier alpha value is -3.17. The fourth-order valence-corrected chi connectivity index (χ4v) is 7.04. The van der Waals surface area contributed by atoms with E-state index in [1.165, 1.54) is 4.90 Å². The van der Waals surface area contributed by atoms with Gasteiger partial charge in [-0.1, -0.05) is 38.2 Å². The van der Waals surface area contributed by atoms with Crippen LogP contribution in [-0.2, 0) is 19.1 Å². The maximum Gasteiger partial charge on any atom is 0.249 e. The normalized spacial score (nSPS) is 32.4. The van der Waals surface area contributed by atoms with E-state index in [-0.39, 0.29) is 36.3 Å². The highest BCUT2D eigenvalue weighted by Gasteiger charge is 2.75. The van der Waals surface area contributed by atoms with Gasteiger partial charge in [0.15, 0.2) is 0 Å². The zero-order chi connectivity index (χ0) is 29.0. The Kier molecular flexibility index (Phi) is 7.33. The van der Waals surface area contributed by atoms with Crippen molar-refractivity contribution in [3.63, 3.8) is 0 Å². The number of amides is 3. The molecule has 4 heterocycles. The lowest BCUT2D eigenvalue weighted by Gasteiger charge is -2.41. The summed E-state index contributed by atoms with van der Waals surface area (Å²) in [6.07, 6.45) is 7.51. The van der Waals surface area contributed by atoms with Gasteiger partial charge in [-0.25, -0.2) is 0 Å². The molecule has 4 aliphatic heterocycles. The van der Waals surface area contributed by atoms with Crippen LogP contribution in [-0.4, -0.2) is 88.3 Å². The third-order valence-corrected chi connectivity index (χ3v) is 8.92. The van der Waals surface area contributed by atoms with Crippen LogP contribution in [0.1, 0.15) is 41.5 Å². The first-order valence-electron chi connectivity index (χ1n) is 14.3. The summed E-state index contributed by atoms with van der Waals surface area (Å²) in [6.45, 7) is 12.4. The number of benzene rings is 1. The van der Waals surface area contributed by atoms with E-state index >= 15 is 0 Å². The van der Waals surface area contributed by atoms with Crippen LogP contribution in [0.3, 0.4) is 0 Å². The Labute approximate surface area is 236 Å². The van der Waals surface area contributed by atoms with Crippen molar-refractivity contribution in [1.82, 2.24) is 9.80 Å². The van der Waals surface area contributed by atoms with Gasteiger partial charge in [0.05, 0.1) is 36.7 Å². The van der Waals surface area contributed by atoms with Gasteiger partial charge in [0.1, 0.15) is 17.4 Å². The van der Waals surface area contributed by atoms with E-state index in [0.29, 0.717) is 31.1 Å². The third kappa shape index (κ3) is 4.16. The SMILES string of the molecule is CCOc1ccc(N2CC=C[C@]3(C)O[C@]45C=CCN(C(C)C)C(=O)C4N([C@@H](CO)C(C)C)C(=O)[C@@H]5[C@@H]3C2=O)cc1. The minimum Gasteiger partial charge on any atom is -0.494 e. The van der Waals surface area contributed by atoms with Gasteiger partial charge < -0.3 is 29.3 Å². The highest BCUT2D eigenvalue weighted by molar-refractivity contribution is 6.04. The van der Waals surface area contributed by atoms with E-state index in [0.717, 1.165) is 0 Å². The van der Waals surface area contributed by atoms with Crippen molar-refractivity contribution in [1.29, 1.82) is 0 Å². The van der Waals surface area contributed by atoms with Gasteiger partial charge in [-0.3, -0.25) is 14.4 Å². The minimum absolute atomic E-state index is 0.103. The summed E-state index contributed by atoms with van der Waals surface area (Å²) in [5.74, 6) is -1.99. The monoisotopic (exact) mass is 551 g/mol. The van der Waals surface area contributed by atoms with Gasteiger partial charge in [-0.15, -0.1) is 0 Å². The second kappa shape index (κ2) is 10.3. The number of anilines is 1. The highest BCUT2D eigenvalue weighted by atomic mass is 16.5. The van der Waals surface area contributed by atoms with Crippen LogP contribution >= 0.6 is 0 Å². The molecule has 1 aromatic carbocycles. The van der Waals surface area contributed by atoms with Crippen molar-refractivity contribution in [2.24, 2.45) is 17.8 Å². The summed E-state index contributed by atoms with van der Waals surface area (Å²) < 4.78 is 12.4. The maximum absolute atomic E-state index is 14.5. The molecule has 9 heteroatoms. The second-order valence-corrected chi connectivity index (χ2v) is 12.0. The Morgan fingerprint density at radius 2 is 1.65 bits per heavy atom. The van der Waals surface area contributed by atoms with Crippen LogP contribution in [0.15, 0.2) is 48.6 Å². The number of carbonyl (C=O) groups is 3. The molecule has 0 aromatic heterocycles. The number of fused-ring (bicyclic) bond motifs is 2. The van der Waals surface area contributed by atoms with Gasteiger partial charge in [0.25, 0.3) is 0 Å². The largest absolute Gasteiger partial charge is 0.494 e. The standard InChI is InChI=1S/C31H41N3O6/c1-7-39-22-12-10-21(11-13-22)33-17-8-14-30(6)24(27(33)36)25-28(37)34(23(18-35)19(2)3)26-29(38)32(20(4)5)16-9-15-31(25,26)40-30/h8-15,19-20,23-26,35H,7,16-18H2,1-6H3/t23-,24+,25-,26?,30-,31-/m0/s1. The zero-order valence-corrected chi connectivity index (χ0v) is 24.2. The van der Waals surface area contributed by atoms with Gasteiger partial charge in [0, 0.05) is 24.8 Å². The Balaban J connectivity index is 1.63. The summed E-state index contributed by atoms with van der Waals surface area (Å²) in [6, 6.07) is 5.64. The molecule has 1 unspecified atom stereocenters. The summed E-state index contributed by atoms with van der Waals surface area (Å²) >= 11 is 0. The molecule has 2 fully saturated rings. The Morgan fingerprint density at radius 1 is 0.975 bits per heavy atom. The van der Waals surface area contributed by atoms with E-state index in [1.807, 2.05) is 90.1 Å². The van der Waals surface area contributed by atoms with Crippen LogP contribution in [0.25, 0.3) is 0 Å². The number of hydrogen-bond donors (Lipinski definition) is 1. The number of aliphatic hydroxyl groups excluding tert-OH is 1. The van der Waals surface area contributed by atoms with E-state index < -0.39 is 35.1 Å². The fourth-order valence-electron chi connectivity index (χ4n) is 7.04. The minimum atomic E-state index is -1.35. The number of aliphatic hydroxyl groups is 1. The van der Waals surface area contributed by atoms with Gasteiger partial charge in [-0.2, -0.15) is 0 Å². The van der Waals surface area contributed by atoms with Crippen molar-refractivity contribution in [3.8, 4) is 5.75 Å². The van der Waals surface area contributed by atoms with Crippen LogP contribution in [0, 0.1) is 17.8 Å². The van der Waals surface area contributed by atoms with E-state index in [2.05, 4.69) is 0 Å². The van der Waals surface area contributed by atoms with Crippen molar-refractivity contribution >= 4 is 23.4 Å². The number of hydrogen-bond acceptors (Lipinski definition) is 6. The molecular weight excluding hydrogens is 510 g/mol. The molecular formula is C31H41N3O6. The molecule has 2 saturated heterocycles. The van der Waals surface area contributed by atoms with Gasteiger partial charge >= 0.3 is 0 Å². The van der Waals surface area contributed by atoms with E-state index in [9.17, 15) is 19.5 Å². The molecule has 9 nitrogen and oxygen atoms in total. The van der Waals surface area contributed by atoms with Crippen molar-refractivity contribution in [2.45, 2.75) is 70.9 Å². The molecule has 4 aliphatic rings. The average molecular weight is 552 g/mol. The number of likely N-dealkylation sites (tertiary alicyclic amines) is 1. The molecule has 1 N–H and O–H groups in total. The molecule has 5 rings (SSSR count). The van der Waals surface area contributed by atoms with E-state index in [4.69, 9.17) is 9.47 Å². The molecule has 3 amide bonds. The summed E-state index contributed by atoms with van der Waals surface area (Å²) in [5.41, 5.74) is -1.76. The first-order chi connectivity index (χ1) is 19.0. The van der Waals surface area contributed by atoms with Crippen LogP contribution in [0.2, 0.25) is 0 Å². The number of rotatable bonds is 7. The molecule has 0 saturated carbocycles. The molecule has 216 valence electrons. The molecule has 1 aromatic rings. The first kappa shape index (κ1) is 28.4. The molecule has 0 aliphatic carbocycles. The smallest absolute Gasteiger partial charge is 0.249 e. The zero-order valence-electron chi connectivity index (χ0n) is 24.2. The molecule has 40 heavy (non-hydrogen) atoms. The second-order valence-electron chi connectivity index (χ2n) is 12.0. The number of ether oxygens (including phenoxy) is 2. The van der Waals surface area contributed by atoms with E-state index in [1.54, 1.807) is 9.80 Å². The van der Waals surface area contributed by atoms with Gasteiger partial charge in [0.2, 0.25) is 17.7 Å². The summed E-state index contributed by atoms with van der Waals surface area (Å²) in [5, 5.41) is 10.4. The van der Waals surface area contributed by atoms with Gasteiger partial charge in [-0.05, 0) is 57.9 Å². The third-order valence-electron chi connectivity index (χ3n) is 8.92. The number of nitrogens with zero attached hydrogens (tertiary/aromatic N) is 3. The Morgan fingerprint density at radius 3 is 2.25 bits per heavy atom. The maximum atomic E-state index is 14.5. The summed E-state index contributed by atoms with van der Waals surface area (Å²) in [4.78, 5) is 48.2. The lowest BCUT2D eigenvalue weighted by atomic mass is 9.74. The quantitative estimate of drug-likeness (QED) is 0.524. The topological polar surface area (TPSA) is 99.6 Å². The number of carbonyl (C=O) groups excluding carboxylic acids is 3. The molecule has 0 radical (unpaired) electrons. The first-order valence-corrected chi connectivity index (χ1v) is 14.3. The lowest BCUT2D eigenvalue weighted by molar-refractivity contribution is -0.156. The Bertz CT molecular complexity index is 1230. The highest BCUT2D eigenvalue weighted by Crippen LogP contribution is 2.58. The van der Waals surface area contributed by atoms with Crippen molar-refractivity contribution < 1.29 is 29.0 Å². The summed E-state index contributed by atoms with van der Waals surface area (Å²) in [7, 11) is 0. The van der Waals surface area contributed by atoms with Crippen molar-refractivity contribution in [3.05, 3.63) is 48.6 Å². The van der Waals surface area contributed by atoms with Crippen LogP contribution in [0.5, 0.6) is 5.75 Å². The predicted molar refractivity (Wildman–Crippen MR) is 151 cm³/mol. The molecule has 6 atom stereocenters.